The van der Waals surface area contributed by atoms with Crippen molar-refractivity contribution in [2.75, 3.05) is 20.1 Å². The Labute approximate surface area is 114 Å². The van der Waals surface area contributed by atoms with Gasteiger partial charge in [0.1, 0.15) is 5.82 Å². The molecule has 1 N–H and O–H groups in total. The van der Waals surface area contributed by atoms with E-state index in [4.69, 9.17) is 5.11 Å². The van der Waals surface area contributed by atoms with Gasteiger partial charge in [-0.2, -0.15) is 0 Å². The summed E-state index contributed by atoms with van der Waals surface area (Å²) in [5.74, 6) is -0.893. The molecule has 0 atom stereocenters. The van der Waals surface area contributed by atoms with E-state index in [2.05, 4.69) is 4.90 Å². The maximum absolute atomic E-state index is 13.1. The fourth-order valence-electron chi connectivity index (χ4n) is 1.95. The monoisotopic (exact) mass is 267 g/mol. The Balaban J connectivity index is 2.24. The van der Waals surface area contributed by atoms with E-state index in [1.165, 1.54) is 6.07 Å². The van der Waals surface area contributed by atoms with Crippen LogP contribution in [0.4, 0.5) is 4.39 Å². The zero-order chi connectivity index (χ0) is 14.3. The number of carboxylic acids is 1. The lowest BCUT2D eigenvalue weighted by atomic mass is 10.1. The highest BCUT2D eigenvalue weighted by molar-refractivity contribution is 5.66. The summed E-state index contributed by atoms with van der Waals surface area (Å²) in [6, 6.07) is 5.21. The van der Waals surface area contributed by atoms with Gasteiger partial charge in [-0.15, -0.1) is 0 Å². The van der Waals surface area contributed by atoms with Crippen molar-refractivity contribution in [2.24, 2.45) is 0 Å². The first-order valence-corrected chi connectivity index (χ1v) is 6.64. The minimum atomic E-state index is -0.732. The normalized spacial score (nSPS) is 10.9. The molecule has 19 heavy (non-hydrogen) atoms. The molecule has 0 amide bonds. The highest BCUT2D eigenvalue weighted by Gasteiger charge is 2.03. The van der Waals surface area contributed by atoms with Crippen molar-refractivity contribution in [2.45, 2.75) is 32.6 Å². The lowest BCUT2D eigenvalue weighted by Gasteiger charge is -2.16. The molecule has 0 aliphatic heterocycles. The van der Waals surface area contributed by atoms with Crippen molar-refractivity contribution in [1.29, 1.82) is 0 Å². The van der Waals surface area contributed by atoms with Crippen LogP contribution in [-0.4, -0.2) is 36.1 Å². The van der Waals surface area contributed by atoms with Crippen LogP contribution in [-0.2, 0) is 11.2 Å². The third-order valence-electron chi connectivity index (χ3n) is 3.19. The second kappa shape index (κ2) is 7.89. The van der Waals surface area contributed by atoms with Crippen LogP contribution in [0, 0.1) is 12.7 Å². The van der Waals surface area contributed by atoms with Gasteiger partial charge in [-0.05, 0) is 57.0 Å². The van der Waals surface area contributed by atoms with Gasteiger partial charge in [-0.3, -0.25) is 4.79 Å². The van der Waals surface area contributed by atoms with Crippen molar-refractivity contribution < 1.29 is 14.3 Å². The maximum atomic E-state index is 13.1. The predicted molar refractivity (Wildman–Crippen MR) is 73.8 cm³/mol. The Hall–Kier alpha value is -1.42. The summed E-state index contributed by atoms with van der Waals surface area (Å²) in [6.07, 6.45) is 2.74. The molecule has 0 saturated heterocycles. The SMILES string of the molecule is Cc1cc(CCN(C)CCCCC(=O)O)ccc1F. The summed E-state index contributed by atoms with van der Waals surface area (Å²) < 4.78 is 13.1. The van der Waals surface area contributed by atoms with E-state index in [1.807, 2.05) is 19.2 Å². The number of carboxylic acid groups (broad SMARTS) is 1. The third-order valence-corrected chi connectivity index (χ3v) is 3.19. The van der Waals surface area contributed by atoms with Crippen molar-refractivity contribution in [3.63, 3.8) is 0 Å². The molecule has 0 heterocycles. The topological polar surface area (TPSA) is 40.5 Å². The highest BCUT2D eigenvalue weighted by atomic mass is 19.1. The van der Waals surface area contributed by atoms with Gasteiger partial charge in [-0.1, -0.05) is 12.1 Å². The molecule has 0 spiro atoms. The second-order valence-electron chi connectivity index (χ2n) is 4.99. The zero-order valence-corrected chi connectivity index (χ0v) is 11.7. The molecular weight excluding hydrogens is 245 g/mol. The average molecular weight is 267 g/mol. The quantitative estimate of drug-likeness (QED) is 0.736. The number of unbranched alkanes of at least 4 members (excludes halogenated alkanes) is 1. The molecule has 3 nitrogen and oxygen atoms in total. The molecule has 1 aromatic carbocycles. The van der Waals surface area contributed by atoms with Gasteiger partial charge < -0.3 is 10.0 Å². The van der Waals surface area contributed by atoms with E-state index in [-0.39, 0.29) is 12.2 Å². The number of hydrogen-bond acceptors (Lipinski definition) is 2. The number of likely N-dealkylation sites (N-methyl/N-ethyl adjacent to an activating group) is 1. The molecule has 106 valence electrons. The molecule has 4 heteroatoms. The largest absolute Gasteiger partial charge is 0.481 e. The van der Waals surface area contributed by atoms with Crippen molar-refractivity contribution in [3.05, 3.63) is 35.1 Å². The van der Waals surface area contributed by atoms with Crippen LogP contribution in [0.3, 0.4) is 0 Å². The Bertz CT molecular complexity index is 421. The molecule has 0 saturated carbocycles. The van der Waals surface area contributed by atoms with Gasteiger partial charge >= 0.3 is 5.97 Å². The molecule has 0 radical (unpaired) electrons. The van der Waals surface area contributed by atoms with Crippen molar-refractivity contribution in [1.82, 2.24) is 4.90 Å². The summed E-state index contributed by atoms with van der Waals surface area (Å²) in [6.45, 7) is 3.57. The molecule has 1 rings (SSSR count). The fourth-order valence-corrected chi connectivity index (χ4v) is 1.95. The number of nitrogens with zero attached hydrogens (tertiary/aromatic N) is 1. The lowest BCUT2D eigenvalue weighted by Crippen LogP contribution is -2.22. The number of carbonyl (C=O) groups is 1. The number of rotatable bonds is 8. The van der Waals surface area contributed by atoms with E-state index < -0.39 is 5.97 Å². The predicted octanol–water partition coefficient (Wildman–Crippen LogP) is 2.86. The smallest absolute Gasteiger partial charge is 0.303 e. The molecule has 0 bridgehead atoms. The summed E-state index contributed by atoms with van der Waals surface area (Å²) in [5.41, 5.74) is 1.82. The van der Waals surface area contributed by atoms with Crippen LogP contribution >= 0.6 is 0 Å². The third kappa shape index (κ3) is 6.34. The van der Waals surface area contributed by atoms with Crippen LogP contribution in [0.15, 0.2) is 18.2 Å². The Morgan fingerprint density at radius 2 is 2.05 bits per heavy atom. The number of benzene rings is 1. The van der Waals surface area contributed by atoms with Gasteiger partial charge in [0.25, 0.3) is 0 Å². The minimum absolute atomic E-state index is 0.161. The lowest BCUT2D eigenvalue weighted by molar-refractivity contribution is -0.137. The van der Waals surface area contributed by atoms with Crippen LogP contribution in [0.5, 0.6) is 0 Å². The molecule has 0 unspecified atom stereocenters. The first-order valence-electron chi connectivity index (χ1n) is 6.64. The van der Waals surface area contributed by atoms with E-state index in [0.717, 1.165) is 37.9 Å². The first-order chi connectivity index (χ1) is 8.99. The number of aryl methyl sites for hydroxylation is 1. The molecule has 0 aliphatic rings. The Morgan fingerprint density at radius 1 is 1.32 bits per heavy atom. The van der Waals surface area contributed by atoms with Gasteiger partial charge in [0.05, 0.1) is 0 Å². The van der Waals surface area contributed by atoms with E-state index in [1.54, 1.807) is 6.92 Å². The molecule has 0 aliphatic carbocycles. The average Bonchev–Trinajstić information content (AvgIpc) is 2.36. The number of hydrogen-bond donors (Lipinski definition) is 1. The van der Waals surface area contributed by atoms with Crippen molar-refractivity contribution in [3.8, 4) is 0 Å². The summed E-state index contributed by atoms with van der Waals surface area (Å²) in [7, 11) is 2.02. The number of halogens is 1. The summed E-state index contributed by atoms with van der Waals surface area (Å²) >= 11 is 0. The van der Waals surface area contributed by atoms with Crippen LogP contribution in [0.2, 0.25) is 0 Å². The maximum Gasteiger partial charge on any atom is 0.303 e. The van der Waals surface area contributed by atoms with E-state index >= 15 is 0 Å². The van der Waals surface area contributed by atoms with Gasteiger partial charge in [0, 0.05) is 13.0 Å². The Morgan fingerprint density at radius 3 is 2.68 bits per heavy atom. The van der Waals surface area contributed by atoms with Gasteiger partial charge in [0.15, 0.2) is 0 Å². The van der Waals surface area contributed by atoms with Crippen LogP contribution in [0.25, 0.3) is 0 Å². The second-order valence-corrected chi connectivity index (χ2v) is 4.99. The van der Waals surface area contributed by atoms with Gasteiger partial charge in [0.2, 0.25) is 0 Å². The minimum Gasteiger partial charge on any atom is -0.481 e. The van der Waals surface area contributed by atoms with E-state index in [0.29, 0.717) is 5.56 Å². The molecule has 0 aromatic heterocycles. The molecule has 0 fully saturated rings. The van der Waals surface area contributed by atoms with Crippen LogP contribution in [0.1, 0.15) is 30.4 Å². The van der Waals surface area contributed by atoms with Crippen LogP contribution < -0.4 is 0 Å². The summed E-state index contributed by atoms with van der Waals surface area (Å²) in [5, 5.41) is 8.53. The highest BCUT2D eigenvalue weighted by Crippen LogP contribution is 2.10. The Kier molecular flexibility index (Phi) is 6.50. The van der Waals surface area contributed by atoms with E-state index in [9.17, 15) is 9.18 Å². The fraction of sp³-hybridized carbons (Fsp3) is 0.533. The standard InChI is InChI=1S/C15H22FNO2/c1-12-11-13(6-7-14(12)16)8-10-17(2)9-4-3-5-15(18)19/h6-7,11H,3-5,8-10H2,1-2H3,(H,18,19). The number of aliphatic carboxylic acids is 1. The molecule has 1 aromatic rings. The first kappa shape index (κ1) is 15.6. The van der Waals surface area contributed by atoms with Crippen molar-refractivity contribution >= 4 is 5.97 Å². The zero-order valence-electron chi connectivity index (χ0n) is 11.7. The summed E-state index contributed by atoms with van der Waals surface area (Å²) in [4.78, 5) is 12.6. The van der Waals surface area contributed by atoms with Gasteiger partial charge in [-0.25, -0.2) is 4.39 Å². The molecular formula is C15H22FNO2.